The Balaban J connectivity index is 1.68. The van der Waals surface area contributed by atoms with E-state index >= 15 is 0 Å². The van der Waals surface area contributed by atoms with Crippen LogP contribution >= 0.6 is 11.6 Å². The molecule has 0 saturated carbocycles. The number of allylic oxidation sites excluding steroid dienone is 1. The van der Waals surface area contributed by atoms with Gasteiger partial charge in [0, 0.05) is 16.5 Å². The summed E-state index contributed by atoms with van der Waals surface area (Å²) in [5.74, 6) is 0.356. The van der Waals surface area contributed by atoms with Crippen LogP contribution in [0.2, 0.25) is 5.02 Å². The highest BCUT2D eigenvalue weighted by atomic mass is 35.5. The molecule has 0 atom stereocenters. The molecule has 0 unspecified atom stereocenters. The molecule has 1 aliphatic rings. The van der Waals surface area contributed by atoms with E-state index in [-0.39, 0.29) is 6.29 Å². The normalized spacial score (nSPS) is 22.1. The minimum atomic E-state index is -0.263. The van der Waals surface area contributed by atoms with Crippen molar-refractivity contribution in [1.82, 2.24) is 0 Å². The Kier molecular flexibility index (Phi) is 4.94. The van der Waals surface area contributed by atoms with Gasteiger partial charge in [-0.2, -0.15) is 0 Å². The van der Waals surface area contributed by atoms with Gasteiger partial charge in [-0.05, 0) is 30.2 Å². The van der Waals surface area contributed by atoms with Gasteiger partial charge in [0.1, 0.15) is 0 Å². The van der Waals surface area contributed by atoms with E-state index in [2.05, 4.69) is 30.3 Å². The van der Waals surface area contributed by atoms with Crippen molar-refractivity contribution in [3.8, 4) is 11.1 Å². The van der Waals surface area contributed by atoms with Gasteiger partial charge in [-0.3, -0.25) is 0 Å². The minimum Gasteiger partial charge on any atom is -0.348 e. The van der Waals surface area contributed by atoms with Gasteiger partial charge in [0.25, 0.3) is 0 Å². The molecule has 22 heavy (non-hydrogen) atoms. The maximum absolute atomic E-state index is 5.92. The fraction of sp³-hybridized carbons (Fsp3) is 0.263. The zero-order chi connectivity index (χ0) is 15.4. The second kappa shape index (κ2) is 7.10. The predicted molar refractivity (Wildman–Crippen MR) is 89.8 cm³/mol. The molecule has 1 heterocycles. The van der Waals surface area contributed by atoms with E-state index in [9.17, 15) is 0 Å². The molecule has 1 fully saturated rings. The molecular weight excluding hydrogens is 296 g/mol. The van der Waals surface area contributed by atoms with Crippen LogP contribution in [0.1, 0.15) is 18.8 Å². The molecule has 114 valence electrons. The number of ether oxygens (including phenoxy) is 2. The van der Waals surface area contributed by atoms with E-state index in [1.165, 1.54) is 0 Å². The molecule has 0 aliphatic carbocycles. The fourth-order valence-corrected chi connectivity index (χ4v) is 2.69. The second-order valence-corrected chi connectivity index (χ2v) is 5.85. The molecule has 1 aliphatic heterocycles. The van der Waals surface area contributed by atoms with Crippen molar-refractivity contribution in [2.45, 2.75) is 13.2 Å². The Morgan fingerprint density at radius 3 is 2.00 bits per heavy atom. The Hall–Kier alpha value is -1.61. The summed E-state index contributed by atoms with van der Waals surface area (Å²) in [6.45, 7) is 3.42. The molecule has 2 aromatic rings. The van der Waals surface area contributed by atoms with Crippen molar-refractivity contribution in [3.63, 3.8) is 0 Å². The Morgan fingerprint density at radius 1 is 0.909 bits per heavy atom. The maximum atomic E-state index is 5.92. The van der Waals surface area contributed by atoms with E-state index < -0.39 is 0 Å². The summed E-state index contributed by atoms with van der Waals surface area (Å²) in [6, 6.07) is 16.1. The Bertz CT molecular complexity index is 623. The summed E-state index contributed by atoms with van der Waals surface area (Å²) in [7, 11) is 0. The predicted octanol–water partition coefficient (Wildman–Crippen LogP) is 5.24. The van der Waals surface area contributed by atoms with Gasteiger partial charge in [0.05, 0.1) is 13.2 Å². The molecule has 2 nitrogen and oxygen atoms in total. The minimum absolute atomic E-state index is 0.263. The number of hydrogen-bond donors (Lipinski definition) is 0. The molecule has 0 spiro atoms. The summed E-state index contributed by atoms with van der Waals surface area (Å²) < 4.78 is 11.6. The Labute approximate surface area is 136 Å². The zero-order valence-electron chi connectivity index (χ0n) is 12.5. The van der Waals surface area contributed by atoms with Crippen LogP contribution in [0.15, 0.2) is 60.7 Å². The van der Waals surface area contributed by atoms with Crippen molar-refractivity contribution in [2.75, 3.05) is 13.2 Å². The first kappa shape index (κ1) is 15.3. The van der Waals surface area contributed by atoms with Crippen LogP contribution in [0, 0.1) is 5.92 Å². The van der Waals surface area contributed by atoms with Crippen LogP contribution in [-0.4, -0.2) is 13.2 Å². The van der Waals surface area contributed by atoms with Gasteiger partial charge in [-0.15, -0.1) is 0 Å². The third kappa shape index (κ3) is 3.58. The highest BCUT2D eigenvalue weighted by molar-refractivity contribution is 6.30. The first-order valence-corrected chi connectivity index (χ1v) is 7.86. The highest BCUT2D eigenvalue weighted by Gasteiger charge is 2.21. The van der Waals surface area contributed by atoms with Crippen molar-refractivity contribution < 1.29 is 9.47 Å². The van der Waals surface area contributed by atoms with Crippen LogP contribution < -0.4 is 0 Å². The molecule has 1 saturated heterocycles. The molecule has 3 rings (SSSR count). The fourth-order valence-electron chi connectivity index (χ4n) is 2.57. The molecular formula is C19H19ClO2. The van der Waals surface area contributed by atoms with E-state index in [0.29, 0.717) is 19.1 Å². The molecule has 0 bridgehead atoms. The lowest BCUT2D eigenvalue weighted by Gasteiger charge is -2.28. The SMILES string of the molecule is CC=CC1COC(c2ccc(-c3ccc(Cl)cc3)cc2)OC1. The monoisotopic (exact) mass is 314 g/mol. The molecule has 0 amide bonds. The van der Waals surface area contributed by atoms with Gasteiger partial charge >= 0.3 is 0 Å². The third-order valence-corrected chi connectivity index (χ3v) is 4.00. The van der Waals surface area contributed by atoms with Crippen molar-refractivity contribution >= 4 is 11.6 Å². The summed E-state index contributed by atoms with van der Waals surface area (Å²) in [4.78, 5) is 0. The number of hydrogen-bond acceptors (Lipinski definition) is 2. The summed E-state index contributed by atoms with van der Waals surface area (Å²) in [5.41, 5.74) is 3.36. The van der Waals surface area contributed by atoms with E-state index in [4.69, 9.17) is 21.1 Å². The topological polar surface area (TPSA) is 18.5 Å². The standard InChI is InChI=1S/C19H19ClO2/c1-2-3-14-12-21-19(22-13-14)17-6-4-15(5-7-17)16-8-10-18(20)11-9-16/h2-11,14,19H,12-13H2,1H3. The Morgan fingerprint density at radius 2 is 1.45 bits per heavy atom. The number of rotatable bonds is 3. The maximum Gasteiger partial charge on any atom is 0.183 e. The summed E-state index contributed by atoms with van der Waals surface area (Å²) in [6.07, 6.45) is 3.90. The average molecular weight is 315 g/mol. The van der Waals surface area contributed by atoms with E-state index in [1.54, 1.807) is 0 Å². The van der Waals surface area contributed by atoms with Crippen LogP contribution in [-0.2, 0) is 9.47 Å². The van der Waals surface area contributed by atoms with Gasteiger partial charge in [0.15, 0.2) is 6.29 Å². The highest BCUT2D eigenvalue weighted by Crippen LogP contribution is 2.28. The first-order valence-electron chi connectivity index (χ1n) is 7.48. The third-order valence-electron chi connectivity index (χ3n) is 3.75. The number of halogens is 1. The number of benzene rings is 2. The van der Waals surface area contributed by atoms with Crippen molar-refractivity contribution in [3.05, 3.63) is 71.3 Å². The van der Waals surface area contributed by atoms with Crippen LogP contribution in [0.3, 0.4) is 0 Å². The van der Waals surface area contributed by atoms with Crippen LogP contribution in [0.25, 0.3) is 11.1 Å². The van der Waals surface area contributed by atoms with Gasteiger partial charge in [-0.1, -0.05) is 60.2 Å². The van der Waals surface area contributed by atoms with Gasteiger partial charge in [-0.25, -0.2) is 0 Å². The average Bonchev–Trinajstić information content (AvgIpc) is 2.57. The van der Waals surface area contributed by atoms with Crippen LogP contribution in [0.4, 0.5) is 0 Å². The zero-order valence-corrected chi connectivity index (χ0v) is 13.3. The molecule has 3 heteroatoms. The molecule has 2 aromatic carbocycles. The van der Waals surface area contributed by atoms with E-state index in [1.807, 2.05) is 37.3 Å². The summed E-state index contributed by atoms with van der Waals surface area (Å²) >= 11 is 5.92. The lowest BCUT2D eigenvalue weighted by Crippen LogP contribution is -2.25. The molecule has 0 radical (unpaired) electrons. The largest absolute Gasteiger partial charge is 0.348 e. The molecule has 0 N–H and O–H groups in total. The lowest BCUT2D eigenvalue weighted by atomic mass is 10.0. The quantitative estimate of drug-likeness (QED) is 0.721. The van der Waals surface area contributed by atoms with Crippen molar-refractivity contribution in [2.24, 2.45) is 5.92 Å². The van der Waals surface area contributed by atoms with Crippen molar-refractivity contribution in [1.29, 1.82) is 0 Å². The molecule has 0 aromatic heterocycles. The van der Waals surface area contributed by atoms with Gasteiger partial charge < -0.3 is 9.47 Å². The summed E-state index contributed by atoms with van der Waals surface area (Å²) in [5, 5.41) is 0.750. The van der Waals surface area contributed by atoms with Gasteiger partial charge in [0.2, 0.25) is 0 Å². The first-order chi connectivity index (χ1) is 10.8. The second-order valence-electron chi connectivity index (χ2n) is 5.41. The smallest absolute Gasteiger partial charge is 0.183 e. The van der Waals surface area contributed by atoms with Crippen LogP contribution in [0.5, 0.6) is 0 Å². The lowest BCUT2D eigenvalue weighted by molar-refractivity contribution is -0.197. The van der Waals surface area contributed by atoms with E-state index in [0.717, 1.165) is 21.7 Å².